The summed E-state index contributed by atoms with van der Waals surface area (Å²) in [5.74, 6) is 0. The van der Waals surface area contributed by atoms with Crippen LogP contribution in [0.5, 0.6) is 0 Å². The molecule has 0 N–H and O–H groups in total. The van der Waals surface area contributed by atoms with Gasteiger partial charge in [-0.15, -0.1) is 0 Å². The Labute approximate surface area is 162 Å². The Kier molecular flexibility index (Phi) is 6.74. The minimum absolute atomic E-state index is 0.944. The van der Waals surface area contributed by atoms with Gasteiger partial charge in [0.2, 0.25) is 0 Å². The Morgan fingerprint density at radius 1 is 0.538 bits per heavy atom. The Bertz CT molecular complexity index is 473. The van der Waals surface area contributed by atoms with Crippen molar-refractivity contribution in [1.82, 2.24) is 0 Å². The highest BCUT2D eigenvalue weighted by atomic mass is 31.2. The normalized spacial score (nSPS) is 24.6. The summed E-state index contributed by atoms with van der Waals surface area (Å²) in [6.07, 6.45) is 24.7. The minimum Gasteiger partial charge on any atom is -0.0622 e. The van der Waals surface area contributed by atoms with Crippen LogP contribution >= 0.6 is 7.26 Å². The summed E-state index contributed by atoms with van der Waals surface area (Å²) in [7, 11) is -0.944. The molecule has 0 heterocycles. The second-order valence-electron chi connectivity index (χ2n) is 9.51. The Morgan fingerprint density at radius 2 is 0.923 bits per heavy atom. The van der Waals surface area contributed by atoms with Gasteiger partial charge in [0.05, 0.1) is 23.1 Å². The van der Waals surface area contributed by atoms with Gasteiger partial charge in [0, 0.05) is 7.26 Å². The van der Waals surface area contributed by atoms with E-state index in [2.05, 4.69) is 30.3 Å². The lowest BCUT2D eigenvalue weighted by Crippen LogP contribution is -2.37. The number of hydrogen-bond donors (Lipinski definition) is 0. The van der Waals surface area contributed by atoms with Gasteiger partial charge in [0.25, 0.3) is 0 Å². The van der Waals surface area contributed by atoms with E-state index in [-0.39, 0.29) is 0 Å². The zero-order valence-corrected chi connectivity index (χ0v) is 17.8. The van der Waals surface area contributed by atoms with Crippen molar-refractivity contribution >= 4 is 7.26 Å². The predicted molar refractivity (Wildman–Crippen MR) is 118 cm³/mol. The van der Waals surface area contributed by atoms with Crippen LogP contribution in [0.15, 0.2) is 30.3 Å². The molecule has 0 radical (unpaired) electrons. The van der Waals surface area contributed by atoms with Gasteiger partial charge in [-0.25, -0.2) is 0 Å². The highest BCUT2D eigenvalue weighted by Crippen LogP contribution is 2.78. The predicted octanol–water partition coefficient (Wildman–Crippen LogP) is 8.20. The summed E-state index contributed by atoms with van der Waals surface area (Å²) in [6.45, 7) is 0. The molecule has 144 valence electrons. The molecule has 0 bridgehead atoms. The fraction of sp³-hybridized carbons (Fsp3) is 0.760. The molecule has 3 fully saturated rings. The fourth-order valence-electron chi connectivity index (χ4n) is 6.87. The molecule has 0 saturated heterocycles. The van der Waals surface area contributed by atoms with Gasteiger partial charge in [0.1, 0.15) is 0 Å². The molecule has 0 aromatic heterocycles. The topological polar surface area (TPSA) is 0 Å². The first-order valence-corrected chi connectivity index (χ1v) is 14.0. The number of hydrogen-bond acceptors (Lipinski definition) is 0. The van der Waals surface area contributed by atoms with Crippen LogP contribution < -0.4 is 0 Å². The third-order valence-electron chi connectivity index (χ3n) is 8.06. The molecule has 3 saturated carbocycles. The largest absolute Gasteiger partial charge is 0.0850 e. The highest BCUT2D eigenvalue weighted by molar-refractivity contribution is 7.77. The Balaban J connectivity index is 1.71. The maximum Gasteiger partial charge on any atom is 0.0850 e. The molecule has 3 aliphatic carbocycles. The van der Waals surface area contributed by atoms with E-state index in [9.17, 15) is 0 Å². The molecular formula is C25H40P+. The summed E-state index contributed by atoms with van der Waals surface area (Å²) in [6, 6.07) is 11.7. The summed E-state index contributed by atoms with van der Waals surface area (Å²) in [5, 5.41) is 0. The number of benzene rings is 1. The van der Waals surface area contributed by atoms with Gasteiger partial charge in [0.15, 0.2) is 0 Å². The van der Waals surface area contributed by atoms with E-state index in [4.69, 9.17) is 0 Å². The quantitative estimate of drug-likeness (QED) is 0.457. The molecule has 1 aromatic rings. The third-order valence-corrected chi connectivity index (χ3v) is 14.6. The summed E-state index contributed by atoms with van der Waals surface area (Å²) >= 11 is 0. The van der Waals surface area contributed by atoms with Crippen molar-refractivity contribution in [2.24, 2.45) is 0 Å². The zero-order valence-electron chi connectivity index (χ0n) is 16.9. The maximum absolute atomic E-state index is 2.46. The van der Waals surface area contributed by atoms with Gasteiger partial charge < -0.3 is 0 Å². The average molecular weight is 372 g/mol. The van der Waals surface area contributed by atoms with Crippen LogP contribution in [-0.4, -0.2) is 17.0 Å². The van der Waals surface area contributed by atoms with Crippen LogP contribution in [0, 0.1) is 0 Å². The van der Waals surface area contributed by atoms with Crippen molar-refractivity contribution in [3.05, 3.63) is 35.9 Å². The SMILES string of the molecule is c1ccc(C[P+](C2CCCCC2)(C2CCCCC2)C2CCCCC2)cc1. The molecule has 0 aliphatic heterocycles. The van der Waals surface area contributed by atoms with E-state index in [1.807, 2.05) is 0 Å². The fourth-order valence-corrected chi connectivity index (χ4v) is 14.3. The van der Waals surface area contributed by atoms with E-state index in [1.54, 1.807) is 44.1 Å². The first kappa shape index (κ1) is 19.0. The van der Waals surface area contributed by atoms with Crippen molar-refractivity contribution in [2.75, 3.05) is 0 Å². The summed E-state index contributed by atoms with van der Waals surface area (Å²) in [5.41, 5.74) is 5.02. The van der Waals surface area contributed by atoms with Crippen LogP contribution in [0.25, 0.3) is 0 Å². The molecule has 0 spiro atoms. The van der Waals surface area contributed by atoms with E-state index in [0.717, 1.165) is 17.0 Å². The van der Waals surface area contributed by atoms with Gasteiger partial charge >= 0.3 is 0 Å². The van der Waals surface area contributed by atoms with Crippen molar-refractivity contribution in [3.63, 3.8) is 0 Å². The summed E-state index contributed by atoms with van der Waals surface area (Å²) < 4.78 is 0. The second kappa shape index (κ2) is 9.23. The second-order valence-corrected chi connectivity index (χ2v) is 14.0. The lowest BCUT2D eigenvalue weighted by molar-refractivity contribution is 0.450. The molecule has 26 heavy (non-hydrogen) atoms. The first-order chi connectivity index (χ1) is 12.9. The third kappa shape index (κ3) is 4.06. The molecule has 0 nitrogen and oxygen atoms in total. The summed E-state index contributed by atoms with van der Waals surface area (Å²) in [4.78, 5) is 0. The van der Waals surface area contributed by atoms with Crippen LogP contribution in [0.2, 0.25) is 0 Å². The van der Waals surface area contributed by atoms with E-state index >= 15 is 0 Å². The van der Waals surface area contributed by atoms with Crippen LogP contribution in [0.3, 0.4) is 0 Å². The van der Waals surface area contributed by atoms with E-state index < -0.39 is 7.26 Å². The Morgan fingerprint density at radius 3 is 1.31 bits per heavy atom. The Hall–Kier alpha value is -0.350. The van der Waals surface area contributed by atoms with E-state index in [0.29, 0.717) is 0 Å². The lowest BCUT2D eigenvalue weighted by Gasteiger charge is -2.49. The zero-order chi connectivity index (χ0) is 17.7. The molecule has 1 aromatic carbocycles. The van der Waals surface area contributed by atoms with Gasteiger partial charge in [-0.3, -0.25) is 0 Å². The average Bonchev–Trinajstić information content (AvgIpc) is 2.75. The van der Waals surface area contributed by atoms with Crippen LogP contribution in [-0.2, 0) is 6.16 Å². The smallest absolute Gasteiger partial charge is 0.0622 e. The van der Waals surface area contributed by atoms with Gasteiger partial charge in [-0.2, -0.15) is 0 Å². The molecular weight excluding hydrogens is 331 g/mol. The molecule has 0 atom stereocenters. The number of rotatable bonds is 5. The molecule has 1 heteroatoms. The first-order valence-electron chi connectivity index (χ1n) is 11.8. The minimum atomic E-state index is -0.944. The molecule has 4 rings (SSSR count). The van der Waals surface area contributed by atoms with Crippen LogP contribution in [0.4, 0.5) is 0 Å². The van der Waals surface area contributed by atoms with Gasteiger partial charge in [-0.1, -0.05) is 49.6 Å². The van der Waals surface area contributed by atoms with Crippen molar-refractivity contribution in [1.29, 1.82) is 0 Å². The monoisotopic (exact) mass is 371 g/mol. The maximum atomic E-state index is 2.46. The lowest BCUT2D eigenvalue weighted by atomic mass is 9.99. The highest BCUT2D eigenvalue weighted by Gasteiger charge is 2.56. The molecule has 3 aliphatic rings. The van der Waals surface area contributed by atoms with Crippen molar-refractivity contribution in [3.8, 4) is 0 Å². The molecule has 0 amide bonds. The van der Waals surface area contributed by atoms with E-state index in [1.165, 1.54) is 63.9 Å². The molecule has 0 unspecified atom stereocenters. The van der Waals surface area contributed by atoms with Gasteiger partial charge in [-0.05, 0) is 82.6 Å². The standard InChI is InChI=1S/C25H40P/c1-5-13-22(14-6-1)21-26(23-15-7-2-8-16-23,24-17-9-3-10-18-24)25-19-11-4-12-20-25/h1,5-6,13-14,23-25H,2-4,7-12,15-21H2/q+1. The van der Waals surface area contributed by atoms with Crippen molar-refractivity contribution < 1.29 is 0 Å². The van der Waals surface area contributed by atoms with Crippen LogP contribution in [0.1, 0.15) is 102 Å². The van der Waals surface area contributed by atoms with Crippen molar-refractivity contribution in [2.45, 2.75) is 119 Å².